The number of nitrogens with zero attached hydrogens (tertiary/aromatic N) is 6. The zero-order valence-corrected chi connectivity index (χ0v) is 14.0. The molecule has 0 saturated carbocycles. The average Bonchev–Trinajstić information content (AvgIpc) is 3.16. The molecule has 1 aliphatic rings. The summed E-state index contributed by atoms with van der Waals surface area (Å²) >= 11 is 7.35. The molecule has 1 fully saturated rings. The first kappa shape index (κ1) is 16.0. The summed E-state index contributed by atoms with van der Waals surface area (Å²) in [5.74, 6) is 0.946. The Labute approximate surface area is 142 Å². The number of aromatic nitrogens is 5. The van der Waals surface area contributed by atoms with E-state index in [2.05, 4.69) is 20.5 Å². The summed E-state index contributed by atoms with van der Waals surface area (Å²) in [6.07, 6.45) is 3.89. The molecule has 2 aromatic rings. The number of tetrazole rings is 1. The highest BCUT2D eigenvalue weighted by Crippen LogP contribution is 2.26. The number of carbonyl (C=O) groups is 1. The molecule has 2 aromatic heterocycles. The maximum Gasteiger partial charge on any atom is 0.233 e. The van der Waals surface area contributed by atoms with Crippen LogP contribution < -0.4 is 4.74 Å². The van der Waals surface area contributed by atoms with Gasteiger partial charge in [0.1, 0.15) is 16.9 Å². The molecular formula is C13H15ClN6O2S. The van der Waals surface area contributed by atoms with Crippen LogP contribution in [0.15, 0.2) is 23.6 Å². The van der Waals surface area contributed by atoms with Gasteiger partial charge in [-0.25, -0.2) is 4.68 Å². The number of ether oxygens (including phenoxy) is 1. The lowest BCUT2D eigenvalue weighted by atomic mass is 10.3. The van der Waals surface area contributed by atoms with Crippen LogP contribution in [0.4, 0.5) is 0 Å². The average molecular weight is 355 g/mol. The van der Waals surface area contributed by atoms with Gasteiger partial charge in [0, 0.05) is 38.5 Å². The van der Waals surface area contributed by atoms with E-state index in [4.69, 9.17) is 16.3 Å². The van der Waals surface area contributed by atoms with Crippen molar-refractivity contribution in [1.29, 1.82) is 0 Å². The molecule has 1 amide bonds. The molecule has 0 spiro atoms. The Morgan fingerprint density at radius 2 is 2.43 bits per heavy atom. The Morgan fingerprint density at radius 3 is 3.17 bits per heavy atom. The van der Waals surface area contributed by atoms with E-state index in [0.29, 0.717) is 34.8 Å². The molecule has 3 rings (SSSR count). The lowest BCUT2D eigenvalue weighted by Gasteiger charge is -2.17. The summed E-state index contributed by atoms with van der Waals surface area (Å²) in [5, 5.41) is 12.2. The number of pyridine rings is 1. The van der Waals surface area contributed by atoms with Gasteiger partial charge in [-0.1, -0.05) is 23.4 Å². The quantitative estimate of drug-likeness (QED) is 0.741. The molecule has 1 saturated heterocycles. The molecule has 23 heavy (non-hydrogen) atoms. The predicted molar refractivity (Wildman–Crippen MR) is 84.4 cm³/mol. The van der Waals surface area contributed by atoms with E-state index in [0.717, 1.165) is 6.42 Å². The molecule has 0 aliphatic carbocycles. The number of thioether (sulfide) groups is 1. The van der Waals surface area contributed by atoms with Gasteiger partial charge < -0.3 is 9.64 Å². The zero-order valence-electron chi connectivity index (χ0n) is 12.4. The largest absolute Gasteiger partial charge is 0.487 e. The monoisotopic (exact) mass is 354 g/mol. The maximum atomic E-state index is 12.3. The molecule has 10 heteroatoms. The van der Waals surface area contributed by atoms with Gasteiger partial charge in [-0.3, -0.25) is 9.78 Å². The molecule has 1 unspecified atom stereocenters. The minimum atomic E-state index is -0.0552. The second-order valence-corrected chi connectivity index (χ2v) is 6.40. The Hall–Kier alpha value is -1.87. The van der Waals surface area contributed by atoms with Crippen molar-refractivity contribution >= 4 is 29.3 Å². The number of rotatable bonds is 5. The van der Waals surface area contributed by atoms with E-state index in [1.807, 2.05) is 0 Å². The molecule has 122 valence electrons. The molecular weight excluding hydrogens is 340 g/mol. The Kier molecular flexibility index (Phi) is 4.97. The maximum absolute atomic E-state index is 12.3. The molecule has 3 heterocycles. The molecule has 0 N–H and O–H groups in total. The fourth-order valence-electron chi connectivity index (χ4n) is 2.25. The number of likely N-dealkylation sites (tertiary alicyclic amines) is 1. The van der Waals surface area contributed by atoms with Gasteiger partial charge in [0.05, 0.1) is 12.3 Å². The van der Waals surface area contributed by atoms with E-state index >= 15 is 0 Å². The highest BCUT2D eigenvalue weighted by Gasteiger charge is 2.28. The first-order valence-corrected chi connectivity index (χ1v) is 8.39. The normalized spacial score (nSPS) is 17.5. The lowest BCUT2D eigenvalue weighted by molar-refractivity contribution is -0.127. The summed E-state index contributed by atoms with van der Waals surface area (Å²) < 4.78 is 7.39. The number of carbonyl (C=O) groups excluding carboxylic acids is 1. The summed E-state index contributed by atoms with van der Waals surface area (Å²) in [7, 11) is 1.74. The molecule has 1 aliphatic heterocycles. The van der Waals surface area contributed by atoms with Crippen LogP contribution in [0.5, 0.6) is 5.75 Å². The third-order valence-corrected chi connectivity index (χ3v) is 4.71. The van der Waals surface area contributed by atoms with Crippen molar-refractivity contribution in [2.75, 3.05) is 18.8 Å². The van der Waals surface area contributed by atoms with Gasteiger partial charge >= 0.3 is 0 Å². The van der Waals surface area contributed by atoms with Crippen molar-refractivity contribution in [2.24, 2.45) is 7.05 Å². The SMILES string of the molecule is Cn1nnnc1SCC(=O)N1CCC(Oc2ccncc2Cl)C1. The van der Waals surface area contributed by atoms with Crippen LogP contribution in [0.25, 0.3) is 0 Å². The summed E-state index contributed by atoms with van der Waals surface area (Å²) in [6, 6.07) is 1.73. The van der Waals surface area contributed by atoms with E-state index in [-0.39, 0.29) is 12.0 Å². The first-order chi connectivity index (χ1) is 11.1. The first-order valence-electron chi connectivity index (χ1n) is 7.02. The minimum Gasteiger partial charge on any atom is -0.487 e. The topological polar surface area (TPSA) is 86.0 Å². The van der Waals surface area contributed by atoms with E-state index in [1.165, 1.54) is 11.8 Å². The van der Waals surface area contributed by atoms with Crippen molar-refractivity contribution in [3.63, 3.8) is 0 Å². The van der Waals surface area contributed by atoms with Gasteiger partial charge in [-0.15, -0.1) is 5.10 Å². The Morgan fingerprint density at radius 1 is 1.57 bits per heavy atom. The summed E-state index contributed by atoms with van der Waals surface area (Å²) in [6.45, 7) is 1.22. The highest BCUT2D eigenvalue weighted by molar-refractivity contribution is 7.99. The van der Waals surface area contributed by atoms with Crippen molar-refractivity contribution in [2.45, 2.75) is 17.7 Å². The lowest BCUT2D eigenvalue weighted by Crippen LogP contribution is -2.32. The third-order valence-electron chi connectivity index (χ3n) is 3.43. The fraction of sp³-hybridized carbons (Fsp3) is 0.462. The van der Waals surface area contributed by atoms with Crippen LogP contribution in [-0.2, 0) is 11.8 Å². The van der Waals surface area contributed by atoms with E-state index in [1.54, 1.807) is 35.1 Å². The minimum absolute atomic E-state index is 0.0462. The number of hydrogen-bond donors (Lipinski definition) is 0. The Balaban J connectivity index is 1.50. The third kappa shape index (κ3) is 3.91. The van der Waals surface area contributed by atoms with Crippen molar-refractivity contribution in [1.82, 2.24) is 30.1 Å². The molecule has 8 nitrogen and oxygen atoms in total. The zero-order chi connectivity index (χ0) is 16.2. The van der Waals surface area contributed by atoms with Crippen LogP contribution in [0.2, 0.25) is 5.02 Å². The van der Waals surface area contributed by atoms with Gasteiger partial charge in [0.15, 0.2) is 0 Å². The summed E-state index contributed by atoms with van der Waals surface area (Å²) in [4.78, 5) is 18.0. The number of hydrogen-bond acceptors (Lipinski definition) is 7. The Bertz CT molecular complexity index is 697. The smallest absolute Gasteiger partial charge is 0.233 e. The van der Waals surface area contributed by atoms with E-state index in [9.17, 15) is 4.79 Å². The van der Waals surface area contributed by atoms with Gasteiger partial charge in [0.2, 0.25) is 11.1 Å². The second-order valence-electron chi connectivity index (χ2n) is 5.05. The van der Waals surface area contributed by atoms with Crippen LogP contribution in [-0.4, -0.2) is 60.9 Å². The molecule has 0 radical (unpaired) electrons. The molecule has 0 aromatic carbocycles. The van der Waals surface area contributed by atoms with E-state index < -0.39 is 0 Å². The van der Waals surface area contributed by atoms with Crippen LogP contribution in [0.1, 0.15) is 6.42 Å². The predicted octanol–water partition coefficient (Wildman–Crippen LogP) is 1.03. The van der Waals surface area contributed by atoms with Crippen LogP contribution >= 0.6 is 23.4 Å². The summed E-state index contributed by atoms with van der Waals surface area (Å²) in [5.41, 5.74) is 0. The fourth-order valence-corrected chi connectivity index (χ4v) is 3.17. The number of aryl methyl sites for hydroxylation is 1. The molecule has 1 atom stereocenters. The highest BCUT2D eigenvalue weighted by atomic mass is 35.5. The van der Waals surface area contributed by atoms with Crippen molar-refractivity contribution < 1.29 is 9.53 Å². The van der Waals surface area contributed by atoms with Crippen LogP contribution in [0, 0.1) is 0 Å². The van der Waals surface area contributed by atoms with Crippen LogP contribution in [0.3, 0.4) is 0 Å². The van der Waals surface area contributed by atoms with Gasteiger partial charge in [-0.05, 0) is 10.4 Å². The number of amides is 1. The van der Waals surface area contributed by atoms with Gasteiger partial charge in [0.25, 0.3) is 0 Å². The second kappa shape index (κ2) is 7.14. The van der Waals surface area contributed by atoms with Crippen molar-refractivity contribution in [3.05, 3.63) is 23.5 Å². The van der Waals surface area contributed by atoms with Crippen molar-refractivity contribution in [3.8, 4) is 5.75 Å². The molecule has 0 bridgehead atoms. The van der Waals surface area contributed by atoms with Gasteiger partial charge in [-0.2, -0.15) is 0 Å². The number of halogens is 1. The standard InChI is InChI=1S/C13H15ClN6O2S/c1-19-13(16-17-18-19)23-8-12(21)20-5-3-9(7-20)22-11-2-4-15-6-10(11)14/h2,4,6,9H,3,5,7-8H2,1H3.